The van der Waals surface area contributed by atoms with Gasteiger partial charge in [0.25, 0.3) is 11.8 Å². The highest BCUT2D eigenvalue weighted by molar-refractivity contribution is 5.94. The molecule has 1 aromatic heterocycles. The highest BCUT2D eigenvalue weighted by Crippen LogP contribution is 2.09. The molecule has 0 fully saturated rings. The van der Waals surface area contributed by atoms with Crippen molar-refractivity contribution in [3.05, 3.63) is 29.6 Å². The molecule has 2 amide bonds. The number of amides is 2. The summed E-state index contributed by atoms with van der Waals surface area (Å²) >= 11 is 0. The fourth-order valence-electron chi connectivity index (χ4n) is 2.15. The number of pyridine rings is 1. The highest BCUT2D eigenvalue weighted by atomic mass is 16.6. The Labute approximate surface area is 176 Å². The molecule has 166 valence electrons. The van der Waals surface area contributed by atoms with Gasteiger partial charge in [-0.25, -0.2) is 14.6 Å². The zero-order chi connectivity index (χ0) is 23.3. The van der Waals surface area contributed by atoms with Crippen molar-refractivity contribution >= 4 is 23.8 Å². The van der Waals surface area contributed by atoms with Crippen LogP contribution in [-0.2, 0) is 19.1 Å². The van der Waals surface area contributed by atoms with Gasteiger partial charge in [0, 0.05) is 11.1 Å². The van der Waals surface area contributed by atoms with Crippen molar-refractivity contribution in [1.82, 2.24) is 15.6 Å². The van der Waals surface area contributed by atoms with Crippen LogP contribution in [-0.4, -0.2) is 52.0 Å². The molecule has 1 aromatic rings. The van der Waals surface area contributed by atoms with Crippen LogP contribution in [0.3, 0.4) is 0 Å². The summed E-state index contributed by atoms with van der Waals surface area (Å²) in [5.74, 6) is -2.63. The predicted octanol–water partition coefficient (Wildman–Crippen LogP) is 2.00. The number of carbonyl (C=O) groups excluding carboxylic acids is 4. The van der Waals surface area contributed by atoms with Crippen LogP contribution in [0.5, 0.6) is 0 Å². The van der Waals surface area contributed by atoms with Gasteiger partial charge in [0.1, 0.15) is 11.4 Å². The zero-order valence-electron chi connectivity index (χ0n) is 18.8. The first-order valence-electron chi connectivity index (χ1n) is 9.62. The van der Waals surface area contributed by atoms with E-state index in [1.54, 1.807) is 41.5 Å². The van der Waals surface area contributed by atoms with E-state index >= 15 is 0 Å². The number of esters is 2. The Balaban J connectivity index is 2.79. The SMILES string of the molecule is C[C@H](OC(=O)c1cccc(C(=O)O[C@@H](C)C(=O)NC(C)(C)C)n1)C(=O)NC(C)(C)C. The largest absolute Gasteiger partial charge is 0.448 e. The summed E-state index contributed by atoms with van der Waals surface area (Å²) in [6, 6.07) is 4.13. The highest BCUT2D eigenvalue weighted by Gasteiger charge is 2.26. The van der Waals surface area contributed by atoms with Crippen molar-refractivity contribution < 1.29 is 28.7 Å². The van der Waals surface area contributed by atoms with E-state index in [2.05, 4.69) is 15.6 Å². The Morgan fingerprint density at radius 2 is 1.10 bits per heavy atom. The number of rotatable bonds is 6. The van der Waals surface area contributed by atoms with Crippen LogP contribution < -0.4 is 10.6 Å². The molecule has 1 heterocycles. The molecular formula is C21H31N3O6. The minimum Gasteiger partial charge on any atom is -0.448 e. The fraction of sp³-hybridized carbons (Fsp3) is 0.571. The maximum Gasteiger partial charge on any atom is 0.357 e. The molecule has 1 rings (SSSR count). The predicted molar refractivity (Wildman–Crippen MR) is 110 cm³/mol. The van der Waals surface area contributed by atoms with Gasteiger partial charge < -0.3 is 20.1 Å². The Hall–Kier alpha value is -2.97. The molecule has 0 aliphatic rings. The van der Waals surface area contributed by atoms with E-state index in [1.165, 1.54) is 32.0 Å². The molecule has 0 unspecified atom stereocenters. The number of nitrogens with one attached hydrogen (secondary N) is 2. The van der Waals surface area contributed by atoms with Crippen LogP contribution in [0.1, 0.15) is 76.4 Å². The molecule has 2 atom stereocenters. The number of hydrogen-bond donors (Lipinski definition) is 2. The second-order valence-electron chi connectivity index (χ2n) is 8.98. The lowest BCUT2D eigenvalue weighted by Gasteiger charge is -2.23. The van der Waals surface area contributed by atoms with Crippen molar-refractivity contribution in [3.8, 4) is 0 Å². The second-order valence-corrected chi connectivity index (χ2v) is 8.98. The molecule has 0 radical (unpaired) electrons. The molecule has 9 nitrogen and oxygen atoms in total. The van der Waals surface area contributed by atoms with Crippen molar-refractivity contribution in [2.45, 2.75) is 78.7 Å². The van der Waals surface area contributed by atoms with Crippen LogP contribution in [0.15, 0.2) is 18.2 Å². The summed E-state index contributed by atoms with van der Waals surface area (Å²) in [6.45, 7) is 13.7. The van der Waals surface area contributed by atoms with Crippen LogP contribution in [0.2, 0.25) is 0 Å². The molecule has 0 aromatic carbocycles. The van der Waals surface area contributed by atoms with Gasteiger partial charge in [0.05, 0.1) is 0 Å². The van der Waals surface area contributed by atoms with Crippen molar-refractivity contribution in [2.24, 2.45) is 0 Å². The summed E-state index contributed by atoms with van der Waals surface area (Å²) in [7, 11) is 0. The first-order valence-corrected chi connectivity index (χ1v) is 9.62. The van der Waals surface area contributed by atoms with E-state index in [1.807, 2.05) is 0 Å². The third-order valence-electron chi connectivity index (χ3n) is 3.47. The lowest BCUT2D eigenvalue weighted by Crippen LogP contribution is -2.46. The summed E-state index contributed by atoms with van der Waals surface area (Å²) in [4.78, 5) is 52.7. The lowest BCUT2D eigenvalue weighted by molar-refractivity contribution is -0.131. The van der Waals surface area contributed by atoms with Gasteiger partial charge in [0.15, 0.2) is 12.2 Å². The van der Waals surface area contributed by atoms with Gasteiger partial charge in [-0.1, -0.05) is 6.07 Å². The zero-order valence-corrected chi connectivity index (χ0v) is 18.8. The first kappa shape index (κ1) is 25.1. The van der Waals surface area contributed by atoms with Crippen molar-refractivity contribution in [3.63, 3.8) is 0 Å². The van der Waals surface area contributed by atoms with E-state index in [0.29, 0.717) is 0 Å². The summed E-state index contributed by atoms with van der Waals surface area (Å²) in [6.07, 6.45) is -2.09. The van der Waals surface area contributed by atoms with Gasteiger partial charge in [-0.3, -0.25) is 9.59 Å². The number of hydrogen-bond acceptors (Lipinski definition) is 7. The maximum atomic E-state index is 12.3. The standard InChI is InChI=1S/C21H31N3O6/c1-12(16(25)23-20(3,4)5)29-18(27)14-10-9-11-15(22-14)19(28)30-13(2)17(26)24-21(6,7)8/h9-13H,1-8H3,(H,23,25)(H,24,26)/t12-,13-/m0/s1. The Kier molecular flexibility index (Phi) is 8.09. The van der Waals surface area contributed by atoms with Crippen LogP contribution in [0.4, 0.5) is 0 Å². The number of ether oxygens (including phenoxy) is 2. The smallest absolute Gasteiger partial charge is 0.357 e. The number of carbonyl (C=O) groups is 4. The molecule has 0 saturated carbocycles. The topological polar surface area (TPSA) is 124 Å². The van der Waals surface area contributed by atoms with Crippen molar-refractivity contribution in [2.75, 3.05) is 0 Å². The minimum absolute atomic E-state index is 0.161. The molecule has 2 N–H and O–H groups in total. The Morgan fingerprint density at radius 3 is 1.40 bits per heavy atom. The van der Waals surface area contributed by atoms with Gasteiger partial charge in [0.2, 0.25) is 0 Å². The van der Waals surface area contributed by atoms with E-state index in [0.717, 1.165) is 0 Å². The van der Waals surface area contributed by atoms with Gasteiger partial charge >= 0.3 is 11.9 Å². The molecule has 0 aliphatic carbocycles. The molecule has 0 spiro atoms. The molecule has 0 bridgehead atoms. The van der Waals surface area contributed by atoms with Crippen LogP contribution >= 0.6 is 0 Å². The Morgan fingerprint density at radius 1 is 0.767 bits per heavy atom. The van der Waals surface area contributed by atoms with E-state index in [4.69, 9.17) is 9.47 Å². The summed E-state index contributed by atoms with van der Waals surface area (Å²) in [5, 5.41) is 5.41. The van der Waals surface area contributed by atoms with E-state index in [9.17, 15) is 19.2 Å². The third-order valence-corrected chi connectivity index (χ3v) is 3.47. The second kappa shape index (κ2) is 9.69. The fourth-order valence-corrected chi connectivity index (χ4v) is 2.15. The van der Waals surface area contributed by atoms with Gasteiger partial charge in [-0.05, 0) is 67.5 Å². The van der Waals surface area contributed by atoms with Gasteiger partial charge in [-0.2, -0.15) is 0 Å². The Bertz CT molecular complexity index is 744. The monoisotopic (exact) mass is 421 g/mol. The maximum absolute atomic E-state index is 12.3. The third kappa shape index (κ3) is 8.59. The van der Waals surface area contributed by atoms with Gasteiger partial charge in [-0.15, -0.1) is 0 Å². The normalized spacial score (nSPS) is 13.6. The quantitative estimate of drug-likeness (QED) is 0.673. The lowest BCUT2D eigenvalue weighted by atomic mass is 10.1. The number of nitrogens with zero attached hydrogens (tertiary/aromatic N) is 1. The first-order chi connectivity index (χ1) is 13.6. The van der Waals surface area contributed by atoms with E-state index in [-0.39, 0.29) is 11.4 Å². The van der Waals surface area contributed by atoms with Crippen LogP contribution in [0.25, 0.3) is 0 Å². The molecule has 0 aliphatic heterocycles. The average Bonchev–Trinajstić information content (AvgIpc) is 2.58. The van der Waals surface area contributed by atoms with Crippen molar-refractivity contribution in [1.29, 1.82) is 0 Å². The molecule has 9 heteroatoms. The number of aromatic nitrogens is 1. The van der Waals surface area contributed by atoms with Crippen LogP contribution in [0, 0.1) is 0 Å². The molecular weight excluding hydrogens is 390 g/mol. The summed E-state index contributed by atoms with van der Waals surface area (Å²) in [5.41, 5.74) is -1.27. The van der Waals surface area contributed by atoms with E-state index < -0.39 is 47.0 Å². The summed E-state index contributed by atoms with van der Waals surface area (Å²) < 4.78 is 10.2. The average molecular weight is 421 g/mol. The molecule has 0 saturated heterocycles. The minimum atomic E-state index is -1.05. The molecule has 30 heavy (non-hydrogen) atoms.